The Morgan fingerprint density at radius 2 is 2.21 bits per heavy atom. The fraction of sp³-hybridized carbons (Fsp3) is 0.455. The summed E-state index contributed by atoms with van der Waals surface area (Å²) in [5.41, 5.74) is 8.90. The minimum absolute atomic E-state index is 0.493. The van der Waals surface area contributed by atoms with Crippen molar-refractivity contribution >= 4 is 23.1 Å². The Kier molecular flexibility index (Phi) is 4.14. The van der Waals surface area contributed by atoms with Crippen molar-refractivity contribution in [3.63, 3.8) is 0 Å². The fourth-order valence-electron chi connectivity index (χ4n) is 1.41. The molecule has 0 fully saturated rings. The molecular weight excluding hydrogens is 192 g/mol. The van der Waals surface area contributed by atoms with Crippen LogP contribution in [0.3, 0.4) is 0 Å². The van der Waals surface area contributed by atoms with Crippen LogP contribution in [0.2, 0.25) is 0 Å². The first-order valence-corrected chi connectivity index (χ1v) is 6.14. The minimum atomic E-state index is 0.493. The molecule has 2 nitrogen and oxygen atoms in total. The first-order valence-electron chi connectivity index (χ1n) is 4.75. The molecular formula is C11H18N2S. The molecule has 1 unspecified atom stereocenters. The van der Waals surface area contributed by atoms with Gasteiger partial charge in [0.25, 0.3) is 0 Å². The molecule has 1 rings (SSSR count). The third-order valence-corrected chi connectivity index (χ3v) is 2.90. The van der Waals surface area contributed by atoms with Crippen molar-refractivity contribution in [3.8, 4) is 0 Å². The molecule has 0 radical (unpaired) electrons. The van der Waals surface area contributed by atoms with Gasteiger partial charge in [0.1, 0.15) is 0 Å². The van der Waals surface area contributed by atoms with E-state index in [-0.39, 0.29) is 0 Å². The van der Waals surface area contributed by atoms with Gasteiger partial charge in [-0.05, 0) is 43.9 Å². The Bertz CT molecular complexity index is 299. The lowest BCUT2D eigenvalue weighted by Crippen LogP contribution is -2.18. The molecule has 0 spiro atoms. The highest BCUT2D eigenvalue weighted by atomic mass is 32.2. The average molecular weight is 210 g/mol. The van der Waals surface area contributed by atoms with Crippen LogP contribution in [-0.2, 0) is 0 Å². The van der Waals surface area contributed by atoms with Crippen LogP contribution in [0.25, 0.3) is 0 Å². The number of hydrogen-bond donors (Lipinski definition) is 2. The van der Waals surface area contributed by atoms with E-state index in [4.69, 9.17) is 5.73 Å². The Morgan fingerprint density at radius 3 is 2.79 bits per heavy atom. The first kappa shape index (κ1) is 11.2. The lowest BCUT2D eigenvalue weighted by atomic mass is 10.1. The van der Waals surface area contributed by atoms with Gasteiger partial charge in [0.05, 0.1) is 0 Å². The zero-order valence-corrected chi connectivity index (χ0v) is 9.82. The van der Waals surface area contributed by atoms with Gasteiger partial charge in [-0.3, -0.25) is 0 Å². The maximum absolute atomic E-state index is 5.69. The van der Waals surface area contributed by atoms with Crippen LogP contribution in [0.5, 0.6) is 0 Å². The van der Waals surface area contributed by atoms with Gasteiger partial charge in [-0.15, -0.1) is 0 Å². The van der Waals surface area contributed by atoms with E-state index in [2.05, 4.69) is 25.4 Å². The Labute approximate surface area is 90.3 Å². The van der Waals surface area contributed by atoms with Gasteiger partial charge in [-0.2, -0.15) is 11.8 Å². The summed E-state index contributed by atoms with van der Waals surface area (Å²) >= 11 is 1.85. The van der Waals surface area contributed by atoms with Gasteiger partial charge < -0.3 is 11.1 Å². The second-order valence-corrected chi connectivity index (χ2v) is 4.49. The van der Waals surface area contributed by atoms with Gasteiger partial charge >= 0.3 is 0 Å². The number of nitrogens with one attached hydrogen (secondary N) is 1. The normalized spacial score (nSPS) is 12.5. The topological polar surface area (TPSA) is 38.0 Å². The summed E-state index contributed by atoms with van der Waals surface area (Å²) in [5.74, 6) is 1.11. The van der Waals surface area contributed by atoms with Gasteiger partial charge in [0.15, 0.2) is 0 Å². The van der Waals surface area contributed by atoms with E-state index in [0.717, 1.165) is 11.4 Å². The summed E-state index contributed by atoms with van der Waals surface area (Å²) in [5, 5.41) is 3.46. The van der Waals surface area contributed by atoms with Crippen LogP contribution >= 0.6 is 11.8 Å². The molecule has 0 aliphatic carbocycles. The molecule has 0 aliphatic rings. The average Bonchev–Trinajstić information content (AvgIpc) is 2.10. The lowest BCUT2D eigenvalue weighted by molar-refractivity contribution is 0.912. The van der Waals surface area contributed by atoms with E-state index in [1.165, 1.54) is 11.3 Å². The molecule has 0 aromatic heterocycles. The molecule has 1 aromatic rings. The fourth-order valence-corrected chi connectivity index (χ4v) is 1.99. The van der Waals surface area contributed by atoms with Crippen molar-refractivity contribution in [2.75, 3.05) is 23.1 Å². The summed E-state index contributed by atoms with van der Waals surface area (Å²) in [6, 6.07) is 6.46. The van der Waals surface area contributed by atoms with Crippen LogP contribution in [0.4, 0.5) is 11.4 Å². The lowest BCUT2D eigenvalue weighted by Gasteiger charge is -2.16. The van der Waals surface area contributed by atoms with Crippen molar-refractivity contribution in [1.29, 1.82) is 0 Å². The van der Waals surface area contributed by atoms with Crippen molar-refractivity contribution in [3.05, 3.63) is 23.8 Å². The zero-order valence-electron chi connectivity index (χ0n) is 9.00. The molecule has 0 saturated heterocycles. The summed E-state index contributed by atoms with van der Waals surface area (Å²) in [6.07, 6.45) is 2.12. The summed E-state index contributed by atoms with van der Waals surface area (Å²) < 4.78 is 0. The van der Waals surface area contributed by atoms with Crippen LogP contribution in [0.15, 0.2) is 18.2 Å². The van der Waals surface area contributed by atoms with Gasteiger partial charge in [-0.1, -0.05) is 0 Å². The molecule has 0 heterocycles. The van der Waals surface area contributed by atoms with E-state index in [1.807, 2.05) is 30.0 Å². The quantitative estimate of drug-likeness (QED) is 0.750. The van der Waals surface area contributed by atoms with Crippen LogP contribution in [0.1, 0.15) is 12.5 Å². The monoisotopic (exact) mass is 210 g/mol. The zero-order chi connectivity index (χ0) is 10.6. The summed E-state index contributed by atoms with van der Waals surface area (Å²) in [7, 11) is 0. The van der Waals surface area contributed by atoms with E-state index < -0.39 is 0 Å². The van der Waals surface area contributed by atoms with Gasteiger partial charge in [-0.25, -0.2) is 0 Å². The molecule has 0 saturated carbocycles. The first-order chi connectivity index (χ1) is 6.63. The maximum atomic E-state index is 5.69. The van der Waals surface area contributed by atoms with Crippen molar-refractivity contribution in [2.24, 2.45) is 0 Å². The van der Waals surface area contributed by atoms with Crippen LogP contribution < -0.4 is 11.1 Å². The summed E-state index contributed by atoms with van der Waals surface area (Å²) in [4.78, 5) is 0. The van der Waals surface area contributed by atoms with Gasteiger partial charge in [0.2, 0.25) is 0 Å². The van der Waals surface area contributed by atoms with E-state index in [0.29, 0.717) is 6.04 Å². The minimum Gasteiger partial charge on any atom is -0.399 e. The largest absolute Gasteiger partial charge is 0.399 e. The second-order valence-electron chi connectivity index (χ2n) is 3.58. The third kappa shape index (κ3) is 3.14. The van der Waals surface area contributed by atoms with Crippen molar-refractivity contribution < 1.29 is 0 Å². The molecule has 1 aromatic carbocycles. The molecule has 3 heteroatoms. The van der Waals surface area contributed by atoms with E-state index in [9.17, 15) is 0 Å². The highest BCUT2D eigenvalue weighted by Crippen LogP contribution is 2.18. The predicted molar refractivity (Wildman–Crippen MR) is 67.1 cm³/mol. The number of nitrogen functional groups attached to an aromatic ring is 1. The second kappa shape index (κ2) is 5.15. The van der Waals surface area contributed by atoms with Crippen molar-refractivity contribution in [1.82, 2.24) is 0 Å². The number of hydrogen-bond acceptors (Lipinski definition) is 3. The molecule has 0 bridgehead atoms. The van der Waals surface area contributed by atoms with E-state index in [1.54, 1.807) is 0 Å². The van der Waals surface area contributed by atoms with Gasteiger partial charge in [0, 0.05) is 23.2 Å². The molecule has 0 aliphatic heterocycles. The molecule has 0 amide bonds. The standard InChI is InChI=1S/C11H18N2S/c1-8-6-10(12)4-5-11(8)13-9(2)7-14-3/h4-6,9,13H,7,12H2,1-3H3. The number of thioether (sulfide) groups is 1. The molecule has 3 N–H and O–H groups in total. The highest BCUT2D eigenvalue weighted by Gasteiger charge is 2.03. The Morgan fingerprint density at radius 1 is 1.50 bits per heavy atom. The van der Waals surface area contributed by atoms with E-state index >= 15 is 0 Å². The number of rotatable bonds is 4. The highest BCUT2D eigenvalue weighted by molar-refractivity contribution is 7.98. The Hall–Kier alpha value is -0.830. The van der Waals surface area contributed by atoms with Crippen LogP contribution in [-0.4, -0.2) is 18.1 Å². The molecule has 14 heavy (non-hydrogen) atoms. The maximum Gasteiger partial charge on any atom is 0.0373 e. The number of anilines is 2. The molecule has 78 valence electrons. The number of aryl methyl sites for hydroxylation is 1. The predicted octanol–water partition coefficient (Wildman–Crippen LogP) is 2.74. The third-order valence-electron chi connectivity index (χ3n) is 2.07. The number of benzene rings is 1. The smallest absolute Gasteiger partial charge is 0.0373 e. The summed E-state index contributed by atoms with van der Waals surface area (Å²) in [6.45, 7) is 4.26. The Balaban J connectivity index is 2.67. The SMILES string of the molecule is CSCC(C)Nc1ccc(N)cc1C. The molecule has 1 atom stereocenters. The number of nitrogens with two attached hydrogens (primary N) is 1. The van der Waals surface area contributed by atoms with Crippen molar-refractivity contribution in [2.45, 2.75) is 19.9 Å². The van der Waals surface area contributed by atoms with Crippen LogP contribution in [0, 0.1) is 6.92 Å².